The minimum absolute atomic E-state index is 0.0407. The Bertz CT molecular complexity index is 1960. The predicted octanol–water partition coefficient (Wildman–Crippen LogP) is 21.4. The Morgan fingerprint density at radius 3 is 0.988 bits per heavy atom. The van der Waals surface area contributed by atoms with E-state index in [2.05, 4.69) is 184 Å². The van der Waals surface area contributed by atoms with Crippen LogP contribution in [0.5, 0.6) is 0 Å². The lowest BCUT2D eigenvalue weighted by Crippen LogP contribution is -2.29. The van der Waals surface area contributed by atoms with Gasteiger partial charge in [0.1, 0.15) is 6.61 Å². The smallest absolute Gasteiger partial charge is 0.462 e. The maximum absolute atomic E-state index is 12.7. The fourth-order valence-corrected chi connectivity index (χ4v) is 9.06. The topological polar surface area (TPSA) is 134 Å². The van der Waals surface area contributed by atoms with Gasteiger partial charge in [0.15, 0.2) is 6.10 Å². The largest absolute Gasteiger partial charge is 0.472 e. The second-order valence-corrected chi connectivity index (χ2v) is 22.3. The standard InChI is InChI=1S/C73H118NO8P/c1-3-5-7-9-11-13-15-17-19-21-23-25-26-27-28-29-30-31-32-33-34-35-36-37-38-39-40-41-42-43-44-46-48-50-52-54-56-58-60-62-64-66-73(76)82-71(70-81-83(77,78)80-68-67-74)69-79-72(75)65-63-61-59-57-55-53-51-49-47-45-24-22-20-18-16-14-12-10-8-6-4-2/h5,7,11,13,16-19,22-25,27-28,30-31,33-34,36-37,39-40,42-43,46-49,71H,3-4,6,8-10,12,14-15,20-21,26,29,32,35,38,41,44-45,50-70,74H2,1-2H3,(H,77,78)/b7-5-,13-11-,18-16-,19-17-,24-22-,25-23-,28-27-,31-30-,34-33-,37-36-,40-39-,43-42-,48-46-,49-47-. The van der Waals surface area contributed by atoms with Crippen molar-refractivity contribution in [3.05, 3.63) is 170 Å². The van der Waals surface area contributed by atoms with Crippen LogP contribution in [0.4, 0.5) is 0 Å². The minimum atomic E-state index is -4.41. The van der Waals surface area contributed by atoms with Gasteiger partial charge in [0.25, 0.3) is 0 Å². The van der Waals surface area contributed by atoms with Crippen LogP contribution >= 0.6 is 7.82 Å². The van der Waals surface area contributed by atoms with Gasteiger partial charge in [-0.2, -0.15) is 0 Å². The third-order valence-corrected chi connectivity index (χ3v) is 14.1. The van der Waals surface area contributed by atoms with Gasteiger partial charge in [-0.05, 0) is 135 Å². The first-order chi connectivity index (χ1) is 40.8. The van der Waals surface area contributed by atoms with Crippen molar-refractivity contribution in [2.24, 2.45) is 5.73 Å². The van der Waals surface area contributed by atoms with Gasteiger partial charge in [0, 0.05) is 19.4 Å². The first-order valence-electron chi connectivity index (χ1n) is 32.6. The summed E-state index contributed by atoms with van der Waals surface area (Å²) in [5.41, 5.74) is 5.39. The molecule has 0 aromatic heterocycles. The fraction of sp³-hybridized carbons (Fsp3) is 0.589. The molecule has 0 bridgehead atoms. The van der Waals surface area contributed by atoms with Crippen molar-refractivity contribution >= 4 is 19.8 Å². The normalized spacial score (nSPS) is 14.1. The lowest BCUT2D eigenvalue weighted by Gasteiger charge is -2.19. The second kappa shape index (κ2) is 66.5. The molecule has 0 aromatic rings. The summed E-state index contributed by atoms with van der Waals surface area (Å²) >= 11 is 0. The van der Waals surface area contributed by atoms with E-state index in [4.69, 9.17) is 24.3 Å². The first-order valence-corrected chi connectivity index (χ1v) is 34.1. The van der Waals surface area contributed by atoms with Gasteiger partial charge in [-0.25, -0.2) is 4.57 Å². The number of carbonyl (C=O) groups excluding carboxylic acids is 2. The molecule has 468 valence electrons. The molecule has 2 atom stereocenters. The van der Waals surface area contributed by atoms with Gasteiger partial charge in [-0.1, -0.05) is 267 Å². The Kier molecular flexibility index (Phi) is 62.8. The Balaban J connectivity index is 4.03. The molecule has 0 heterocycles. The molecule has 0 amide bonds. The third-order valence-electron chi connectivity index (χ3n) is 13.1. The number of unbranched alkanes of at least 4 members (excludes halogenated alkanes) is 18. The van der Waals surface area contributed by atoms with E-state index in [9.17, 15) is 19.0 Å². The maximum atomic E-state index is 12.7. The van der Waals surface area contributed by atoms with Crippen molar-refractivity contribution in [1.82, 2.24) is 0 Å². The van der Waals surface area contributed by atoms with Gasteiger partial charge in [0.05, 0.1) is 13.2 Å². The molecule has 9 nitrogen and oxygen atoms in total. The van der Waals surface area contributed by atoms with Crippen LogP contribution < -0.4 is 5.73 Å². The van der Waals surface area contributed by atoms with E-state index in [1.54, 1.807) is 0 Å². The summed E-state index contributed by atoms with van der Waals surface area (Å²) in [6, 6.07) is 0. The molecule has 0 saturated carbocycles. The van der Waals surface area contributed by atoms with Crippen LogP contribution in [0.2, 0.25) is 0 Å². The Morgan fingerprint density at radius 1 is 0.373 bits per heavy atom. The number of phosphoric ester groups is 1. The number of rotatable bonds is 59. The first kappa shape index (κ1) is 78.4. The van der Waals surface area contributed by atoms with Crippen molar-refractivity contribution in [2.75, 3.05) is 26.4 Å². The van der Waals surface area contributed by atoms with Gasteiger partial charge < -0.3 is 20.1 Å². The molecule has 0 rings (SSSR count). The molecule has 0 spiro atoms. The zero-order valence-electron chi connectivity index (χ0n) is 52.4. The lowest BCUT2D eigenvalue weighted by molar-refractivity contribution is -0.161. The van der Waals surface area contributed by atoms with E-state index in [1.165, 1.54) is 51.4 Å². The summed E-state index contributed by atoms with van der Waals surface area (Å²) < 4.78 is 33.1. The third kappa shape index (κ3) is 66.4. The molecule has 0 aromatic carbocycles. The number of ether oxygens (including phenoxy) is 2. The summed E-state index contributed by atoms with van der Waals surface area (Å²) in [6.07, 6.45) is 98.5. The molecule has 3 N–H and O–H groups in total. The molecule has 0 aliphatic carbocycles. The van der Waals surface area contributed by atoms with Crippen LogP contribution in [0, 0.1) is 0 Å². The van der Waals surface area contributed by atoms with E-state index < -0.39 is 32.5 Å². The van der Waals surface area contributed by atoms with E-state index in [-0.39, 0.29) is 32.6 Å². The molecule has 0 radical (unpaired) electrons. The second-order valence-electron chi connectivity index (χ2n) is 20.9. The molecule has 10 heteroatoms. The minimum Gasteiger partial charge on any atom is -0.462 e. The average molecular weight is 1170 g/mol. The van der Waals surface area contributed by atoms with Gasteiger partial charge in [-0.3, -0.25) is 18.6 Å². The molecule has 0 saturated heterocycles. The number of carbonyl (C=O) groups is 2. The van der Waals surface area contributed by atoms with Gasteiger partial charge in [0.2, 0.25) is 0 Å². The molecular weight excluding hydrogens is 1050 g/mol. The summed E-state index contributed by atoms with van der Waals surface area (Å²) in [7, 11) is -4.41. The van der Waals surface area contributed by atoms with Crippen molar-refractivity contribution in [1.29, 1.82) is 0 Å². The molecule has 2 unspecified atom stereocenters. The van der Waals surface area contributed by atoms with Crippen LogP contribution in [-0.4, -0.2) is 49.3 Å². The summed E-state index contributed by atoms with van der Waals surface area (Å²) in [4.78, 5) is 35.3. The highest BCUT2D eigenvalue weighted by molar-refractivity contribution is 7.47. The number of nitrogens with two attached hydrogens (primary N) is 1. The maximum Gasteiger partial charge on any atom is 0.472 e. The highest BCUT2D eigenvalue weighted by atomic mass is 31.2. The van der Waals surface area contributed by atoms with Gasteiger partial charge in [-0.15, -0.1) is 0 Å². The highest BCUT2D eigenvalue weighted by Gasteiger charge is 2.26. The quantitative estimate of drug-likeness (QED) is 0.0264. The Hall–Kier alpha value is -4.63. The highest BCUT2D eigenvalue weighted by Crippen LogP contribution is 2.43. The molecule has 0 aliphatic rings. The summed E-state index contributed by atoms with van der Waals surface area (Å²) in [5, 5.41) is 0. The SMILES string of the molecule is CC/C=C\C/C=C\C/C=C\C/C=C\C/C=C\C/C=C\C/C=C\C/C=C\C/C=C\C/C=C\C/C=C\CCCCCCCCCC(=O)OC(COC(=O)CCCCCCCC/C=C\C/C=C\C/C=C\CCCCCCC)COP(=O)(O)OCCN. The number of hydrogen-bond donors (Lipinski definition) is 2. The van der Waals surface area contributed by atoms with Crippen LogP contribution in [-0.2, 0) is 32.7 Å². The predicted molar refractivity (Wildman–Crippen MR) is 357 cm³/mol. The van der Waals surface area contributed by atoms with Crippen LogP contribution in [0.15, 0.2) is 170 Å². The van der Waals surface area contributed by atoms with Crippen molar-refractivity contribution in [2.45, 2.75) is 251 Å². The monoisotopic (exact) mass is 1170 g/mol. The summed E-state index contributed by atoms with van der Waals surface area (Å²) in [6.45, 7) is 3.57. The molecule has 0 fully saturated rings. The van der Waals surface area contributed by atoms with Crippen LogP contribution in [0.1, 0.15) is 245 Å². The van der Waals surface area contributed by atoms with E-state index >= 15 is 0 Å². The summed E-state index contributed by atoms with van der Waals surface area (Å²) in [5.74, 6) is -0.865. The van der Waals surface area contributed by atoms with Crippen LogP contribution in [0.25, 0.3) is 0 Å². The van der Waals surface area contributed by atoms with E-state index in [1.807, 2.05) is 0 Å². The Labute approximate surface area is 508 Å². The number of hydrogen-bond acceptors (Lipinski definition) is 8. The zero-order chi connectivity index (χ0) is 60.1. The van der Waals surface area contributed by atoms with Crippen molar-refractivity contribution < 1.29 is 37.6 Å². The van der Waals surface area contributed by atoms with E-state index in [0.29, 0.717) is 12.8 Å². The zero-order valence-corrected chi connectivity index (χ0v) is 53.3. The fourth-order valence-electron chi connectivity index (χ4n) is 8.29. The van der Waals surface area contributed by atoms with Gasteiger partial charge >= 0.3 is 19.8 Å². The van der Waals surface area contributed by atoms with Crippen LogP contribution in [0.3, 0.4) is 0 Å². The lowest BCUT2D eigenvalue weighted by atomic mass is 10.1. The Morgan fingerprint density at radius 2 is 0.663 bits per heavy atom. The molecular formula is C73H118NO8P. The van der Waals surface area contributed by atoms with Crippen molar-refractivity contribution in [3.8, 4) is 0 Å². The molecule has 83 heavy (non-hydrogen) atoms. The molecule has 0 aliphatic heterocycles. The number of allylic oxidation sites excluding steroid dienone is 28. The number of esters is 2. The average Bonchev–Trinajstić information content (AvgIpc) is 3.49. The number of phosphoric acid groups is 1. The van der Waals surface area contributed by atoms with Crippen molar-refractivity contribution in [3.63, 3.8) is 0 Å². The van der Waals surface area contributed by atoms with E-state index in [0.717, 1.165) is 154 Å².